The SMILES string of the molecule is COc1ccc(C(O)Cc2ccc(C(C)(C)C)cc2)cc1. The predicted octanol–water partition coefficient (Wildman–Crippen LogP) is 4.27. The molecule has 0 aliphatic carbocycles. The molecule has 112 valence electrons. The number of hydrogen-bond acceptors (Lipinski definition) is 2. The van der Waals surface area contributed by atoms with E-state index in [2.05, 4.69) is 45.0 Å². The number of hydrogen-bond donors (Lipinski definition) is 1. The average Bonchev–Trinajstić information content (AvgIpc) is 2.47. The number of ether oxygens (including phenoxy) is 1. The van der Waals surface area contributed by atoms with Crippen LogP contribution in [-0.2, 0) is 11.8 Å². The molecule has 21 heavy (non-hydrogen) atoms. The van der Waals surface area contributed by atoms with Crippen LogP contribution in [0.1, 0.15) is 43.6 Å². The van der Waals surface area contributed by atoms with E-state index in [1.165, 1.54) is 5.56 Å². The Balaban J connectivity index is 2.06. The molecule has 0 radical (unpaired) electrons. The predicted molar refractivity (Wildman–Crippen MR) is 86.8 cm³/mol. The van der Waals surface area contributed by atoms with E-state index >= 15 is 0 Å². The summed E-state index contributed by atoms with van der Waals surface area (Å²) in [7, 11) is 1.64. The zero-order chi connectivity index (χ0) is 15.5. The van der Waals surface area contributed by atoms with E-state index in [1.807, 2.05) is 24.3 Å². The minimum atomic E-state index is -0.489. The lowest BCUT2D eigenvalue weighted by Gasteiger charge is -2.19. The maximum absolute atomic E-state index is 10.3. The van der Waals surface area contributed by atoms with Crippen LogP contribution in [0.25, 0.3) is 0 Å². The van der Waals surface area contributed by atoms with Crippen LogP contribution >= 0.6 is 0 Å². The van der Waals surface area contributed by atoms with E-state index < -0.39 is 6.10 Å². The molecule has 0 spiro atoms. The number of methoxy groups -OCH3 is 1. The van der Waals surface area contributed by atoms with Crippen molar-refractivity contribution in [3.63, 3.8) is 0 Å². The Bertz CT molecular complexity index is 562. The Morgan fingerprint density at radius 1 is 0.952 bits per heavy atom. The molecule has 0 aromatic heterocycles. The van der Waals surface area contributed by atoms with E-state index in [9.17, 15) is 5.11 Å². The van der Waals surface area contributed by atoms with E-state index in [4.69, 9.17) is 4.74 Å². The summed E-state index contributed by atoms with van der Waals surface area (Å²) in [5.41, 5.74) is 3.53. The van der Waals surface area contributed by atoms with Crippen LogP contribution < -0.4 is 4.74 Å². The van der Waals surface area contributed by atoms with Crippen molar-refractivity contribution in [2.45, 2.75) is 38.7 Å². The topological polar surface area (TPSA) is 29.5 Å². The molecule has 0 heterocycles. The van der Waals surface area contributed by atoms with Gasteiger partial charge in [0.2, 0.25) is 0 Å². The van der Waals surface area contributed by atoms with E-state index in [0.717, 1.165) is 16.9 Å². The van der Waals surface area contributed by atoms with Gasteiger partial charge in [-0.2, -0.15) is 0 Å². The van der Waals surface area contributed by atoms with Gasteiger partial charge < -0.3 is 9.84 Å². The summed E-state index contributed by atoms with van der Waals surface area (Å²) in [5, 5.41) is 10.3. The molecule has 0 amide bonds. The van der Waals surface area contributed by atoms with Gasteiger partial charge in [0.15, 0.2) is 0 Å². The Morgan fingerprint density at radius 3 is 2.00 bits per heavy atom. The van der Waals surface area contributed by atoms with Gasteiger partial charge in [-0.1, -0.05) is 57.2 Å². The van der Waals surface area contributed by atoms with Crippen molar-refractivity contribution in [3.8, 4) is 5.75 Å². The summed E-state index contributed by atoms with van der Waals surface area (Å²) in [6, 6.07) is 16.1. The number of rotatable bonds is 4. The van der Waals surface area contributed by atoms with Crippen molar-refractivity contribution in [2.24, 2.45) is 0 Å². The molecule has 1 atom stereocenters. The Morgan fingerprint density at radius 2 is 1.52 bits per heavy atom. The van der Waals surface area contributed by atoms with Crippen molar-refractivity contribution >= 4 is 0 Å². The summed E-state index contributed by atoms with van der Waals surface area (Å²) in [6.07, 6.45) is 0.132. The monoisotopic (exact) mass is 284 g/mol. The molecule has 0 aliphatic rings. The molecule has 2 aromatic carbocycles. The number of benzene rings is 2. The van der Waals surface area contributed by atoms with Crippen molar-refractivity contribution < 1.29 is 9.84 Å². The van der Waals surface area contributed by atoms with Gasteiger partial charge in [0.1, 0.15) is 5.75 Å². The van der Waals surface area contributed by atoms with Crippen LogP contribution in [0.4, 0.5) is 0 Å². The van der Waals surface area contributed by atoms with Crippen LogP contribution in [0.2, 0.25) is 0 Å². The fourth-order valence-corrected chi connectivity index (χ4v) is 2.31. The van der Waals surface area contributed by atoms with Gasteiger partial charge in [-0.05, 0) is 34.2 Å². The minimum Gasteiger partial charge on any atom is -0.497 e. The standard InChI is InChI=1S/C19H24O2/c1-19(2,3)16-9-5-14(6-10-16)13-18(20)15-7-11-17(21-4)12-8-15/h5-12,18,20H,13H2,1-4H3. The lowest BCUT2D eigenvalue weighted by Crippen LogP contribution is -2.11. The van der Waals surface area contributed by atoms with Crippen LogP contribution in [-0.4, -0.2) is 12.2 Å². The molecule has 1 N–H and O–H groups in total. The second-order valence-electron chi connectivity index (χ2n) is 6.44. The van der Waals surface area contributed by atoms with Gasteiger partial charge in [-0.15, -0.1) is 0 Å². The van der Waals surface area contributed by atoms with Gasteiger partial charge in [-0.3, -0.25) is 0 Å². The first-order valence-electron chi connectivity index (χ1n) is 7.31. The largest absolute Gasteiger partial charge is 0.497 e. The van der Waals surface area contributed by atoms with Gasteiger partial charge >= 0.3 is 0 Å². The third-order valence-corrected chi connectivity index (χ3v) is 3.75. The normalized spacial score (nSPS) is 13.0. The molecule has 2 rings (SSSR count). The highest BCUT2D eigenvalue weighted by atomic mass is 16.5. The second-order valence-corrected chi connectivity index (χ2v) is 6.44. The van der Waals surface area contributed by atoms with Crippen LogP contribution in [0.5, 0.6) is 5.75 Å². The molecule has 2 nitrogen and oxygen atoms in total. The smallest absolute Gasteiger partial charge is 0.118 e. The highest BCUT2D eigenvalue weighted by Gasteiger charge is 2.14. The Kier molecular flexibility index (Phi) is 4.69. The van der Waals surface area contributed by atoms with Gasteiger partial charge in [0.25, 0.3) is 0 Å². The molecule has 0 bridgehead atoms. The van der Waals surface area contributed by atoms with Crippen molar-refractivity contribution in [3.05, 3.63) is 65.2 Å². The van der Waals surface area contributed by atoms with Crippen LogP contribution in [0.15, 0.2) is 48.5 Å². The Hall–Kier alpha value is -1.80. The van der Waals surface area contributed by atoms with Crippen molar-refractivity contribution in [1.82, 2.24) is 0 Å². The minimum absolute atomic E-state index is 0.160. The molecule has 2 heteroatoms. The van der Waals surface area contributed by atoms with Gasteiger partial charge in [-0.25, -0.2) is 0 Å². The zero-order valence-electron chi connectivity index (χ0n) is 13.3. The zero-order valence-corrected chi connectivity index (χ0v) is 13.3. The van der Waals surface area contributed by atoms with E-state index in [-0.39, 0.29) is 5.41 Å². The lowest BCUT2D eigenvalue weighted by molar-refractivity contribution is 0.178. The van der Waals surface area contributed by atoms with Crippen molar-refractivity contribution in [1.29, 1.82) is 0 Å². The molecule has 0 aliphatic heterocycles. The first-order valence-corrected chi connectivity index (χ1v) is 7.31. The summed E-state index contributed by atoms with van der Waals surface area (Å²) in [5.74, 6) is 0.806. The highest BCUT2D eigenvalue weighted by Crippen LogP contribution is 2.25. The summed E-state index contributed by atoms with van der Waals surface area (Å²) < 4.78 is 5.13. The van der Waals surface area contributed by atoms with Gasteiger partial charge in [0, 0.05) is 6.42 Å². The van der Waals surface area contributed by atoms with E-state index in [0.29, 0.717) is 6.42 Å². The summed E-state index contributed by atoms with van der Waals surface area (Å²) >= 11 is 0. The highest BCUT2D eigenvalue weighted by molar-refractivity contribution is 5.31. The first kappa shape index (κ1) is 15.6. The average molecular weight is 284 g/mol. The van der Waals surface area contributed by atoms with E-state index in [1.54, 1.807) is 7.11 Å². The molecule has 2 aromatic rings. The number of aliphatic hydroxyl groups is 1. The van der Waals surface area contributed by atoms with Crippen LogP contribution in [0.3, 0.4) is 0 Å². The third kappa shape index (κ3) is 4.08. The third-order valence-electron chi connectivity index (χ3n) is 3.75. The summed E-state index contributed by atoms with van der Waals surface area (Å²) in [4.78, 5) is 0. The molecule has 0 saturated carbocycles. The fourth-order valence-electron chi connectivity index (χ4n) is 2.31. The molecular formula is C19H24O2. The Labute approximate surface area is 127 Å². The lowest BCUT2D eigenvalue weighted by atomic mass is 9.86. The molecule has 1 unspecified atom stereocenters. The van der Waals surface area contributed by atoms with Crippen LogP contribution in [0, 0.1) is 0 Å². The van der Waals surface area contributed by atoms with Gasteiger partial charge in [0.05, 0.1) is 13.2 Å². The summed E-state index contributed by atoms with van der Waals surface area (Å²) in [6.45, 7) is 6.61. The maximum Gasteiger partial charge on any atom is 0.118 e. The molecular weight excluding hydrogens is 260 g/mol. The quantitative estimate of drug-likeness (QED) is 0.908. The number of aliphatic hydroxyl groups excluding tert-OH is 1. The van der Waals surface area contributed by atoms with Crippen molar-refractivity contribution in [2.75, 3.05) is 7.11 Å². The fraction of sp³-hybridized carbons (Fsp3) is 0.368. The maximum atomic E-state index is 10.3. The second kappa shape index (κ2) is 6.31. The molecule has 0 fully saturated rings. The first-order chi connectivity index (χ1) is 9.90. The molecule has 0 saturated heterocycles.